The smallest absolute Gasteiger partial charge is 0.227 e. The van der Waals surface area contributed by atoms with Gasteiger partial charge in [-0.05, 0) is 116 Å². The molecule has 0 N–H and O–H groups in total. The van der Waals surface area contributed by atoms with Crippen LogP contribution in [0.2, 0.25) is 0 Å². The molecule has 0 aliphatic carbocycles. The third kappa shape index (κ3) is 6.31. The van der Waals surface area contributed by atoms with Crippen molar-refractivity contribution in [3.63, 3.8) is 0 Å². The Balaban J connectivity index is 1.28. The zero-order valence-corrected chi connectivity index (χ0v) is 36.3. The molecular formula is C54H59N3O+2. The van der Waals surface area contributed by atoms with Crippen molar-refractivity contribution in [3.8, 4) is 33.8 Å². The second-order valence-corrected chi connectivity index (χ2v) is 18.6. The van der Waals surface area contributed by atoms with Gasteiger partial charge in [-0.2, -0.15) is 9.13 Å². The van der Waals surface area contributed by atoms with E-state index < -0.39 is 0 Å². The zero-order valence-electron chi connectivity index (χ0n) is 36.3. The van der Waals surface area contributed by atoms with Gasteiger partial charge in [0.2, 0.25) is 17.1 Å². The first-order chi connectivity index (χ1) is 27.8. The minimum atomic E-state index is 0.266. The second kappa shape index (κ2) is 14.5. The Morgan fingerprint density at radius 2 is 1.48 bits per heavy atom. The molecule has 0 radical (unpaired) electrons. The van der Waals surface area contributed by atoms with Crippen molar-refractivity contribution in [2.75, 3.05) is 0 Å². The van der Waals surface area contributed by atoms with Gasteiger partial charge in [-0.25, -0.2) is 4.98 Å². The highest BCUT2D eigenvalue weighted by molar-refractivity contribution is 6.09. The van der Waals surface area contributed by atoms with E-state index in [9.17, 15) is 0 Å². The van der Waals surface area contributed by atoms with Gasteiger partial charge >= 0.3 is 0 Å². The Morgan fingerprint density at radius 3 is 2.21 bits per heavy atom. The summed E-state index contributed by atoms with van der Waals surface area (Å²) in [5.74, 6) is 1.56. The quantitative estimate of drug-likeness (QED) is 0.164. The van der Waals surface area contributed by atoms with Gasteiger partial charge in [-0.1, -0.05) is 89.6 Å². The van der Waals surface area contributed by atoms with E-state index in [0.717, 1.165) is 59.1 Å². The Labute approximate surface area is 345 Å². The van der Waals surface area contributed by atoms with Crippen molar-refractivity contribution in [1.82, 2.24) is 4.98 Å². The zero-order chi connectivity index (χ0) is 40.7. The lowest BCUT2D eigenvalue weighted by Gasteiger charge is -2.32. The summed E-state index contributed by atoms with van der Waals surface area (Å²) in [6.45, 7) is 27.7. The first kappa shape index (κ1) is 38.2. The van der Waals surface area contributed by atoms with E-state index in [1.807, 2.05) is 0 Å². The molecule has 0 saturated carbocycles. The van der Waals surface area contributed by atoms with Gasteiger partial charge in [0.1, 0.15) is 0 Å². The van der Waals surface area contributed by atoms with Crippen LogP contribution < -0.4 is 9.13 Å². The maximum atomic E-state index is 7.10. The summed E-state index contributed by atoms with van der Waals surface area (Å²) >= 11 is 0. The van der Waals surface area contributed by atoms with Gasteiger partial charge in [-0.3, -0.25) is 0 Å². The van der Waals surface area contributed by atoms with Crippen LogP contribution in [0.4, 0.5) is 0 Å². The summed E-state index contributed by atoms with van der Waals surface area (Å²) in [4.78, 5) is 5.36. The predicted octanol–water partition coefficient (Wildman–Crippen LogP) is 13.4. The molecule has 9 rings (SSSR count). The van der Waals surface area contributed by atoms with Crippen molar-refractivity contribution < 1.29 is 13.6 Å². The first-order valence-corrected chi connectivity index (χ1v) is 21.6. The minimum absolute atomic E-state index is 0.266. The van der Waals surface area contributed by atoms with Crippen molar-refractivity contribution in [3.05, 3.63) is 142 Å². The number of benzene rings is 3. The van der Waals surface area contributed by atoms with E-state index in [4.69, 9.17) is 16.0 Å². The van der Waals surface area contributed by atoms with Gasteiger partial charge in [-0.15, -0.1) is 0 Å². The number of nitrogens with zero attached hydrogens (tertiary/aromatic N) is 3. The van der Waals surface area contributed by atoms with Gasteiger partial charge < -0.3 is 4.42 Å². The molecule has 4 heteroatoms. The van der Waals surface area contributed by atoms with E-state index in [1.54, 1.807) is 0 Å². The molecule has 4 nitrogen and oxygen atoms in total. The molecule has 6 heterocycles. The van der Waals surface area contributed by atoms with Crippen LogP contribution in [0.15, 0.2) is 96.2 Å². The molecule has 7 aromatic rings. The van der Waals surface area contributed by atoms with Crippen LogP contribution in [0, 0.1) is 33.6 Å². The Hall–Kier alpha value is -5.35. The molecular weight excluding hydrogens is 707 g/mol. The van der Waals surface area contributed by atoms with Crippen LogP contribution in [0.5, 0.6) is 0 Å². The molecule has 294 valence electrons. The summed E-state index contributed by atoms with van der Waals surface area (Å²) in [5, 5.41) is 2.16. The van der Waals surface area contributed by atoms with Crippen LogP contribution in [0.25, 0.3) is 61.5 Å². The van der Waals surface area contributed by atoms with Crippen LogP contribution in [-0.2, 0) is 12.8 Å². The molecule has 0 spiro atoms. The number of fused-ring (bicyclic) bond motifs is 13. The molecule has 0 bridgehead atoms. The normalized spacial score (nSPS) is 16.5. The van der Waals surface area contributed by atoms with Gasteiger partial charge in [0.15, 0.2) is 29.7 Å². The number of aromatic nitrogens is 3. The fourth-order valence-corrected chi connectivity index (χ4v) is 10.2. The van der Waals surface area contributed by atoms with Gasteiger partial charge in [0.25, 0.3) is 0 Å². The molecule has 2 atom stereocenters. The number of pyridine rings is 3. The molecule has 4 aromatic heterocycles. The summed E-state index contributed by atoms with van der Waals surface area (Å²) in [7, 11) is 0. The highest BCUT2D eigenvalue weighted by atomic mass is 16.3. The number of aryl methyl sites for hydroxylation is 5. The first-order valence-electron chi connectivity index (χ1n) is 21.6. The Morgan fingerprint density at radius 1 is 0.759 bits per heavy atom. The van der Waals surface area contributed by atoms with Crippen LogP contribution in [0.3, 0.4) is 0 Å². The van der Waals surface area contributed by atoms with Crippen molar-refractivity contribution >= 4 is 27.8 Å². The topological polar surface area (TPSA) is 33.8 Å². The minimum Gasteiger partial charge on any atom is -0.437 e. The van der Waals surface area contributed by atoms with Crippen molar-refractivity contribution in [2.45, 2.75) is 119 Å². The summed E-state index contributed by atoms with van der Waals surface area (Å²) in [6.07, 6.45) is 8.60. The largest absolute Gasteiger partial charge is 0.437 e. The molecule has 2 unspecified atom stereocenters. The second-order valence-electron chi connectivity index (χ2n) is 18.6. The van der Waals surface area contributed by atoms with E-state index >= 15 is 0 Å². The van der Waals surface area contributed by atoms with E-state index in [-0.39, 0.29) is 12.0 Å². The maximum Gasteiger partial charge on any atom is 0.227 e. The fourth-order valence-electron chi connectivity index (χ4n) is 10.2. The SMILES string of the molecule is C=C1CC2c3cc(C)ccc3-c3cc(C)c(C)c[n+]3C2CCc2ccc3c(oc4nc(-c5c(C(C)C)cccc5C(C)C)ccc43)c2-c2cc(C)c(CC(C)C)c[n+]21. The molecule has 3 aromatic carbocycles. The Kier molecular flexibility index (Phi) is 9.53. The van der Waals surface area contributed by atoms with Gasteiger partial charge in [0.05, 0.1) is 17.2 Å². The highest BCUT2D eigenvalue weighted by Gasteiger charge is 2.43. The lowest BCUT2D eigenvalue weighted by Crippen LogP contribution is -2.49. The van der Waals surface area contributed by atoms with E-state index in [2.05, 4.69) is 164 Å². The molecule has 58 heavy (non-hydrogen) atoms. The highest BCUT2D eigenvalue weighted by Crippen LogP contribution is 2.47. The van der Waals surface area contributed by atoms with E-state index in [1.165, 1.54) is 72.5 Å². The predicted molar refractivity (Wildman–Crippen MR) is 240 cm³/mol. The van der Waals surface area contributed by atoms with Crippen molar-refractivity contribution in [1.29, 1.82) is 0 Å². The number of hydrogen-bond donors (Lipinski definition) is 0. The number of furan rings is 1. The summed E-state index contributed by atoms with van der Waals surface area (Å²) < 4.78 is 12.1. The van der Waals surface area contributed by atoms with Crippen molar-refractivity contribution in [2.24, 2.45) is 5.92 Å². The van der Waals surface area contributed by atoms with Crippen LogP contribution in [0.1, 0.15) is 128 Å². The molecule has 0 saturated heterocycles. The lowest BCUT2D eigenvalue weighted by molar-refractivity contribution is -0.719. The Bertz CT molecular complexity index is 2770. The molecule has 2 aliphatic rings. The lowest BCUT2D eigenvalue weighted by atomic mass is 9.76. The number of hydrogen-bond acceptors (Lipinski definition) is 2. The third-order valence-corrected chi connectivity index (χ3v) is 13.3. The van der Waals surface area contributed by atoms with E-state index in [0.29, 0.717) is 23.5 Å². The third-order valence-electron chi connectivity index (χ3n) is 13.3. The maximum absolute atomic E-state index is 7.10. The average Bonchev–Trinajstić information content (AvgIpc) is 3.56. The van der Waals surface area contributed by atoms with Gasteiger partial charge in [0, 0.05) is 58.0 Å². The molecule has 2 aliphatic heterocycles. The molecule has 0 fully saturated rings. The average molecular weight is 766 g/mol. The molecule has 0 amide bonds. The summed E-state index contributed by atoms with van der Waals surface area (Å²) in [5.41, 5.74) is 22.0. The van der Waals surface area contributed by atoms with Crippen LogP contribution >= 0.6 is 0 Å². The summed E-state index contributed by atoms with van der Waals surface area (Å²) in [6, 6.07) is 28.0. The number of allylic oxidation sites excluding steroid dienone is 1. The standard InChI is InChI=1S/C54H59N3O/c1-30(2)23-39-29-56-37(11)27-46-45-24-33(7)15-18-42(45)49-25-34(8)36(10)28-57(49)48(46)22-17-38-16-19-43-44-20-21-47(52-40(31(3)4)13-12-14-41(52)32(5)6)55-54(44)58-53(43)51(38)50(56)26-35(39)9/h12-16,18-21,24-26,28-32,46,48H,11,17,22-23,27H2,1-10H3/q+2. The fraction of sp³-hybridized carbons (Fsp3) is 0.352. The van der Waals surface area contributed by atoms with Crippen LogP contribution in [-0.4, -0.2) is 4.98 Å². The monoisotopic (exact) mass is 765 g/mol. The number of rotatable bonds is 5.